The maximum absolute atomic E-state index is 8.86. The molecule has 0 unspecified atom stereocenters. The predicted molar refractivity (Wildman–Crippen MR) is 57.6 cm³/mol. The minimum absolute atomic E-state index is 0.209. The molecule has 0 aliphatic carbocycles. The standard InChI is InChI=1S/C10H5N7O/c11-3-7-6(4-14-16-7)10-15-9(17-18-10)8-5-12-1-2-13-8/h1-2,4-5H,(H,14,16). The van der Waals surface area contributed by atoms with Crippen molar-refractivity contribution in [2.75, 3.05) is 0 Å². The van der Waals surface area contributed by atoms with Gasteiger partial charge in [-0.2, -0.15) is 15.3 Å². The van der Waals surface area contributed by atoms with Gasteiger partial charge in [-0.3, -0.25) is 10.1 Å². The summed E-state index contributed by atoms with van der Waals surface area (Å²) in [4.78, 5) is 12.1. The molecule has 0 saturated heterocycles. The monoisotopic (exact) mass is 239 g/mol. The molecule has 0 aliphatic rings. The first-order valence-corrected chi connectivity index (χ1v) is 4.92. The fourth-order valence-corrected chi connectivity index (χ4v) is 1.39. The Morgan fingerprint density at radius 2 is 2.22 bits per heavy atom. The van der Waals surface area contributed by atoms with E-state index >= 15 is 0 Å². The molecule has 0 saturated carbocycles. The second kappa shape index (κ2) is 4.06. The summed E-state index contributed by atoms with van der Waals surface area (Å²) < 4.78 is 5.07. The number of nitrogens with zero attached hydrogens (tertiary/aromatic N) is 6. The number of hydrogen-bond acceptors (Lipinski definition) is 7. The second-order valence-electron chi connectivity index (χ2n) is 3.28. The molecule has 1 N–H and O–H groups in total. The maximum atomic E-state index is 8.86. The van der Waals surface area contributed by atoms with Crippen LogP contribution in [0.3, 0.4) is 0 Å². The number of aromatic amines is 1. The molecule has 18 heavy (non-hydrogen) atoms. The van der Waals surface area contributed by atoms with Gasteiger partial charge in [0.2, 0.25) is 5.82 Å². The van der Waals surface area contributed by atoms with Crippen molar-refractivity contribution in [3.63, 3.8) is 0 Å². The number of nitriles is 1. The third kappa shape index (κ3) is 1.60. The third-order valence-electron chi connectivity index (χ3n) is 2.20. The van der Waals surface area contributed by atoms with Gasteiger partial charge in [0.25, 0.3) is 5.89 Å². The molecule has 0 spiro atoms. The summed E-state index contributed by atoms with van der Waals surface area (Å²) in [7, 11) is 0. The van der Waals surface area contributed by atoms with E-state index in [0.29, 0.717) is 17.1 Å². The lowest BCUT2D eigenvalue weighted by Gasteiger charge is -1.89. The van der Waals surface area contributed by atoms with Crippen LogP contribution in [0.4, 0.5) is 0 Å². The van der Waals surface area contributed by atoms with Crippen molar-refractivity contribution in [3.8, 4) is 29.0 Å². The van der Waals surface area contributed by atoms with Crippen molar-refractivity contribution in [1.82, 2.24) is 30.3 Å². The van der Waals surface area contributed by atoms with Gasteiger partial charge < -0.3 is 4.52 Å². The van der Waals surface area contributed by atoms with Crippen molar-refractivity contribution in [1.29, 1.82) is 5.26 Å². The lowest BCUT2D eigenvalue weighted by Crippen LogP contribution is -1.86. The Hall–Kier alpha value is -3.08. The van der Waals surface area contributed by atoms with E-state index in [-0.39, 0.29) is 11.6 Å². The smallest absolute Gasteiger partial charge is 0.262 e. The third-order valence-corrected chi connectivity index (χ3v) is 2.20. The van der Waals surface area contributed by atoms with Crippen LogP contribution >= 0.6 is 0 Å². The molecule has 3 aromatic rings. The molecule has 0 atom stereocenters. The molecule has 0 radical (unpaired) electrons. The van der Waals surface area contributed by atoms with Gasteiger partial charge in [-0.1, -0.05) is 5.16 Å². The van der Waals surface area contributed by atoms with Crippen LogP contribution in [0.15, 0.2) is 29.3 Å². The largest absolute Gasteiger partial charge is 0.333 e. The van der Waals surface area contributed by atoms with Gasteiger partial charge in [-0.15, -0.1) is 0 Å². The van der Waals surface area contributed by atoms with Crippen molar-refractivity contribution in [2.45, 2.75) is 0 Å². The van der Waals surface area contributed by atoms with E-state index in [1.54, 1.807) is 6.20 Å². The highest BCUT2D eigenvalue weighted by Gasteiger charge is 2.16. The SMILES string of the molecule is N#Cc1[nH]ncc1-c1nc(-c2cnccn2)no1. The molecule has 0 amide bonds. The minimum atomic E-state index is 0.209. The van der Waals surface area contributed by atoms with Gasteiger partial charge in [-0.05, 0) is 0 Å². The van der Waals surface area contributed by atoms with Crippen molar-refractivity contribution < 1.29 is 4.52 Å². The molecular weight excluding hydrogens is 234 g/mol. The fraction of sp³-hybridized carbons (Fsp3) is 0. The second-order valence-corrected chi connectivity index (χ2v) is 3.28. The summed E-state index contributed by atoms with van der Waals surface area (Å²) in [5.41, 5.74) is 1.22. The van der Waals surface area contributed by atoms with Crippen LogP contribution in [0.1, 0.15) is 5.69 Å². The predicted octanol–water partition coefficient (Wildman–Crippen LogP) is 0.788. The first kappa shape index (κ1) is 10.1. The average molecular weight is 239 g/mol. The Bertz CT molecular complexity index is 709. The van der Waals surface area contributed by atoms with Crippen LogP contribution in [-0.2, 0) is 0 Å². The van der Waals surface area contributed by atoms with Gasteiger partial charge in [0, 0.05) is 12.4 Å². The normalized spacial score (nSPS) is 10.2. The summed E-state index contributed by atoms with van der Waals surface area (Å²) in [6.45, 7) is 0. The van der Waals surface area contributed by atoms with Crippen molar-refractivity contribution in [2.24, 2.45) is 0 Å². The van der Waals surface area contributed by atoms with Crippen LogP contribution in [0.5, 0.6) is 0 Å². The zero-order chi connectivity index (χ0) is 12.4. The number of aromatic nitrogens is 6. The van der Waals surface area contributed by atoms with E-state index in [4.69, 9.17) is 9.78 Å². The summed E-state index contributed by atoms with van der Waals surface area (Å²) in [6.07, 6.45) is 6.06. The topological polar surface area (TPSA) is 117 Å². The first-order chi connectivity index (χ1) is 8.88. The highest BCUT2D eigenvalue weighted by molar-refractivity contribution is 5.61. The Morgan fingerprint density at radius 1 is 1.28 bits per heavy atom. The molecule has 0 bridgehead atoms. The van der Waals surface area contributed by atoms with Crippen molar-refractivity contribution in [3.05, 3.63) is 30.5 Å². The minimum Gasteiger partial charge on any atom is -0.333 e. The molecule has 3 rings (SSSR count). The number of hydrogen-bond donors (Lipinski definition) is 1. The molecule has 3 heterocycles. The van der Waals surface area contributed by atoms with E-state index in [1.807, 2.05) is 6.07 Å². The highest BCUT2D eigenvalue weighted by atomic mass is 16.5. The van der Waals surface area contributed by atoms with Gasteiger partial charge in [-0.25, -0.2) is 4.98 Å². The summed E-state index contributed by atoms with van der Waals surface area (Å²) in [5, 5.41) is 18.9. The quantitative estimate of drug-likeness (QED) is 0.702. The molecule has 8 heteroatoms. The molecular formula is C10H5N7O. The van der Waals surface area contributed by atoms with E-state index in [2.05, 4.69) is 30.3 Å². The first-order valence-electron chi connectivity index (χ1n) is 4.92. The van der Waals surface area contributed by atoms with Crippen LogP contribution in [-0.4, -0.2) is 30.3 Å². The van der Waals surface area contributed by atoms with Crippen molar-refractivity contribution >= 4 is 0 Å². The Kier molecular flexibility index (Phi) is 2.28. The van der Waals surface area contributed by atoms with Gasteiger partial charge in [0.15, 0.2) is 0 Å². The highest BCUT2D eigenvalue weighted by Crippen LogP contribution is 2.21. The number of H-pyrrole nitrogens is 1. The summed E-state index contributed by atoms with van der Waals surface area (Å²) >= 11 is 0. The van der Waals surface area contributed by atoms with Gasteiger partial charge in [0.1, 0.15) is 17.5 Å². The van der Waals surface area contributed by atoms with Gasteiger partial charge >= 0.3 is 0 Å². The van der Waals surface area contributed by atoms with E-state index in [0.717, 1.165) is 0 Å². The van der Waals surface area contributed by atoms with E-state index in [9.17, 15) is 0 Å². The van der Waals surface area contributed by atoms with E-state index < -0.39 is 0 Å². The number of rotatable bonds is 2. The lowest BCUT2D eigenvalue weighted by atomic mass is 10.2. The molecule has 0 aliphatic heterocycles. The van der Waals surface area contributed by atoms with Crippen LogP contribution < -0.4 is 0 Å². The molecule has 0 aromatic carbocycles. The lowest BCUT2D eigenvalue weighted by molar-refractivity contribution is 0.432. The fourth-order valence-electron chi connectivity index (χ4n) is 1.39. The zero-order valence-electron chi connectivity index (χ0n) is 8.90. The van der Waals surface area contributed by atoms with Crippen LogP contribution in [0.2, 0.25) is 0 Å². The Morgan fingerprint density at radius 3 is 3.00 bits per heavy atom. The zero-order valence-corrected chi connectivity index (χ0v) is 8.90. The molecule has 86 valence electrons. The summed E-state index contributed by atoms with van der Waals surface area (Å²) in [5.74, 6) is 0.518. The Labute approximate surface area is 100 Å². The molecule has 3 aromatic heterocycles. The van der Waals surface area contributed by atoms with Crippen LogP contribution in [0, 0.1) is 11.3 Å². The Balaban J connectivity index is 2.03. The maximum Gasteiger partial charge on any atom is 0.262 e. The number of nitrogens with one attached hydrogen (secondary N) is 1. The van der Waals surface area contributed by atoms with E-state index in [1.165, 1.54) is 18.6 Å². The molecule has 0 fully saturated rings. The molecule has 8 nitrogen and oxygen atoms in total. The van der Waals surface area contributed by atoms with Gasteiger partial charge in [0.05, 0.1) is 18.0 Å². The summed E-state index contributed by atoms with van der Waals surface area (Å²) in [6, 6.07) is 1.95. The van der Waals surface area contributed by atoms with Crippen LogP contribution in [0.25, 0.3) is 23.0 Å². The average Bonchev–Trinajstić information content (AvgIpc) is 3.08.